The average Bonchev–Trinajstić information content (AvgIpc) is 2.25. The Labute approximate surface area is 111 Å². The number of hydrogen-bond acceptors (Lipinski definition) is 4. The summed E-state index contributed by atoms with van der Waals surface area (Å²) in [6.07, 6.45) is 0. The van der Waals surface area contributed by atoms with Crippen LogP contribution in [0.2, 0.25) is 0 Å². The largest absolute Gasteiger partial charge is 0.433 e. The second-order valence-corrected chi connectivity index (χ2v) is 5.76. The lowest BCUT2D eigenvalue weighted by Crippen LogP contribution is -2.08. The van der Waals surface area contributed by atoms with E-state index >= 15 is 0 Å². The topological polar surface area (TPSA) is 67.2 Å². The van der Waals surface area contributed by atoms with Crippen molar-refractivity contribution >= 4 is 31.3 Å². The molecular weight excluding hydrogens is 311 g/mol. The summed E-state index contributed by atoms with van der Waals surface area (Å²) in [5, 5.41) is 8.88. The van der Waals surface area contributed by atoms with E-state index in [2.05, 4.69) is 4.74 Å². The van der Waals surface area contributed by atoms with Gasteiger partial charge in [-0.05, 0) is 11.6 Å². The van der Waals surface area contributed by atoms with Gasteiger partial charge in [0.15, 0.2) is 0 Å². The Morgan fingerprint density at radius 2 is 2.06 bits per heavy atom. The summed E-state index contributed by atoms with van der Waals surface area (Å²) >= 11 is 5.51. The molecule has 0 fully saturated rings. The number of rotatable bonds is 4. The van der Waals surface area contributed by atoms with Crippen molar-refractivity contribution in [1.82, 2.24) is 0 Å². The lowest BCUT2D eigenvalue weighted by molar-refractivity contribution is -0.0517. The predicted octanol–water partition coefficient (Wildman–Crippen LogP) is 2.83. The first kappa shape index (κ1) is 15.0. The molecule has 0 amide bonds. The van der Waals surface area contributed by atoms with Crippen LogP contribution in [-0.4, -0.2) is 15.0 Å². The predicted molar refractivity (Wildman–Crippen MR) is 60.4 cm³/mol. The molecule has 98 valence electrons. The van der Waals surface area contributed by atoms with Gasteiger partial charge < -0.3 is 4.74 Å². The number of halogens is 4. The molecule has 18 heavy (non-hydrogen) atoms. The molecule has 0 spiro atoms. The van der Waals surface area contributed by atoms with Crippen LogP contribution in [0, 0.1) is 11.3 Å². The normalized spacial score (nSPS) is 11.3. The Morgan fingerprint density at radius 1 is 1.44 bits per heavy atom. The highest BCUT2D eigenvalue weighted by atomic mass is 35.7. The molecule has 0 bridgehead atoms. The zero-order chi connectivity index (χ0) is 13.9. The van der Waals surface area contributed by atoms with Crippen molar-refractivity contribution in [2.75, 3.05) is 0 Å². The highest BCUT2D eigenvalue weighted by Gasteiger charge is 2.26. The van der Waals surface area contributed by atoms with Gasteiger partial charge in [0.25, 0.3) is 9.05 Å². The van der Waals surface area contributed by atoms with E-state index in [-0.39, 0.29) is 11.4 Å². The van der Waals surface area contributed by atoms with E-state index in [1.54, 1.807) is 6.07 Å². The van der Waals surface area contributed by atoms with Crippen LogP contribution in [0.25, 0.3) is 0 Å². The molecule has 0 N–H and O–H groups in total. The maximum Gasteiger partial charge on any atom is 0.387 e. The van der Waals surface area contributed by atoms with Crippen molar-refractivity contribution in [3.63, 3.8) is 0 Å². The molecule has 0 aliphatic rings. The van der Waals surface area contributed by atoms with Crippen LogP contribution in [0.1, 0.15) is 11.1 Å². The van der Waals surface area contributed by atoms with E-state index in [1.807, 2.05) is 0 Å². The Balaban J connectivity index is 3.62. The SMILES string of the molecule is N#Cc1c(CCl)ccc(OC(F)F)c1S(=O)(=O)Cl. The first-order chi connectivity index (χ1) is 8.31. The summed E-state index contributed by atoms with van der Waals surface area (Å²) in [6.45, 7) is -3.24. The summed E-state index contributed by atoms with van der Waals surface area (Å²) in [5.41, 5.74) is -0.252. The fourth-order valence-corrected chi connectivity index (χ4v) is 2.73. The van der Waals surface area contributed by atoms with Crippen LogP contribution >= 0.6 is 22.3 Å². The highest BCUT2D eigenvalue weighted by molar-refractivity contribution is 8.13. The summed E-state index contributed by atoms with van der Waals surface area (Å²) in [7, 11) is 0.691. The van der Waals surface area contributed by atoms with Gasteiger partial charge in [-0.3, -0.25) is 0 Å². The minimum absolute atomic E-state index is 0.153. The summed E-state index contributed by atoms with van der Waals surface area (Å²) in [4.78, 5) is -0.801. The summed E-state index contributed by atoms with van der Waals surface area (Å²) < 4.78 is 51.0. The maximum atomic E-state index is 12.1. The first-order valence-corrected chi connectivity index (χ1v) is 7.17. The first-order valence-electron chi connectivity index (χ1n) is 4.32. The molecule has 0 aliphatic carbocycles. The maximum absolute atomic E-state index is 12.1. The number of hydrogen-bond donors (Lipinski definition) is 0. The zero-order valence-corrected chi connectivity index (χ0v) is 10.9. The van der Waals surface area contributed by atoms with Crippen molar-refractivity contribution < 1.29 is 21.9 Å². The number of nitriles is 1. The van der Waals surface area contributed by atoms with Crippen LogP contribution in [0.4, 0.5) is 8.78 Å². The molecule has 0 saturated heterocycles. The molecule has 1 rings (SSSR count). The van der Waals surface area contributed by atoms with Gasteiger partial charge in [0.2, 0.25) is 0 Å². The minimum Gasteiger partial charge on any atom is -0.433 e. The molecule has 1 aromatic rings. The van der Waals surface area contributed by atoms with Gasteiger partial charge in [-0.1, -0.05) is 6.07 Å². The lowest BCUT2D eigenvalue weighted by Gasteiger charge is -2.11. The quantitative estimate of drug-likeness (QED) is 0.633. The average molecular weight is 316 g/mol. The van der Waals surface area contributed by atoms with E-state index in [9.17, 15) is 17.2 Å². The van der Waals surface area contributed by atoms with E-state index in [4.69, 9.17) is 27.5 Å². The molecule has 0 unspecified atom stereocenters. The minimum atomic E-state index is -4.42. The van der Waals surface area contributed by atoms with Gasteiger partial charge in [0, 0.05) is 16.6 Å². The zero-order valence-electron chi connectivity index (χ0n) is 8.53. The van der Waals surface area contributed by atoms with Crippen molar-refractivity contribution in [3.05, 3.63) is 23.3 Å². The Bertz CT molecular complexity index is 599. The molecule has 9 heteroatoms. The van der Waals surface area contributed by atoms with E-state index < -0.39 is 31.9 Å². The molecule has 0 radical (unpaired) electrons. The molecule has 1 aromatic carbocycles. The number of alkyl halides is 3. The molecule has 0 saturated carbocycles. The van der Waals surface area contributed by atoms with Crippen molar-refractivity contribution in [2.24, 2.45) is 0 Å². The van der Waals surface area contributed by atoms with Crippen LogP contribution in [-0.2, 0) is 14.9 Å². The lowest BCUT2D eigenvalue weighted by atomic mass is 10.1. The summed E-state index contributed by atoms with van der Waals surface area (Å²) in [6, 6.07) is 3.75. The fourth-order valence-electron chi connectivity index (χ4n) is 1.27. The van der Waals surface area contributed by atoms with E-state index in [0.717, 1.165) is 6.07 Å². The molecule has 4 nitrogen and oxygen atoms in total. The molecular formula is C9H5Cl2F2NO3S. The standard InChI is InChI=1S/C9H5Cl2F2NO3S/c10-3-5-1-2-7(17-9(12)13)8(6(5)4-14)18(11,15)16/h1-2,9H,3H2. The number of benzene rings is 1. The van der Waals surface area contributed by atoms with Crippen molar-refractivity contribution in [2.45, 2.75) is 17.4 Å². The number of ether oxygens (including phenoxy) is 1. The van der Waals surface area contributed by atoms with Crippen LogP contribution in [0.5, 0.6) is 5.75 Å². The smallest absolute Gasteiger partial charge is 0.387 e. The van der Waals surface area contributed by atoms with E-state index in [1.165, 1.54) is 6.07 Å². The van der Waals surface area contributed by atoms with Gasteiger partial charge >= 0.3 is 6.61 Å². The molecule has 0 atom stereocenters. The van der Waals surface area contributed by atoms with Gasteiger partial charge in [-0.25, -0.2) is 8.42 Å². The van der Waals surface area contributed by atoms with Crippen LogP contribution < -0.4 is 4.74 Å². The third-order valence-electron chi connectivity index (χ3n) is 1.92. The Morgan fingerprint density at radius 3 is 2.44 bits per heavy atom. The molecule has 0 aromatic heterocycles. The van der Waals surface area contributed by atoms with Crippen LogP contribution in [0.3, 0.4) is 0 Å². The van der Waals surface area contributed by atoms with E-state index in [0.29, 0.717) is 0 Å². The molecule has 0 heterocycles. The van der Waals surface area contributed by atoms with Gasteiger partial charge in [0.05, 0.1) is 5.56 Å². The summed E-state index contributed by atoms with van der Waals surface area (Å²) in [5.74, 6) is -0.859. The third-order valence-corrected chi connectivity index (χ3v) is 3.57. The van der Waals surface area contributed by atoms with Crippen molar-refractivity contribution in [3.8, 4) is 11.8 Å². The van der Waals surface area contributed by atoms with Gasteiger partial charge in [-0.2, -0.15) is 14.0 Å². The van der Waals surface area contributed by atoms with Gasteiger partial charge in [0.1, 0.15) is 16.7 Å². The van der Waals surface area contributed by atoms with Crippen LogP contribution in [0.15, 0.2) is 17.0 Å². The van der Waals surface area contributed by atoms with Gasteiger partial charge in [-0.15, -0.1) is 11.6 Å². The third kappa shape index (κ3) is 3.22. The van der Waals surface area contributed by atoms with Crippen molar-refractivity contribution in [1.29, 1.82) is 5.26 Å². The Hall–Kier alpha value is -1.10. The monoisotopic (exact) mass is 315 g/mol. The molecule has 0 aliphatic heterocycles. The highest BCUT2D eigenvalue weighted by Crippen LogP contribution is 2.33. The fraction of sp³-hybridized carbons (Fsp3) is 0.222. The second kappa shape index (κ2) is 5.69. The second-order valence-electron chi connectivity index (χ2n) is 2.99. The number of nitrogens with zero attached hydrogens (tertiary/aromatic N) is 1. The Kier molecular flexibility index (Phi) is 4.73.